The average Bonchev–Trinajstić information content (AvgIpc) is 0.773. The van der Waals surface area contributed by atoms with Crippen LogP contribution in [0.5, 0.6) is 23.0 Å². The lowest BCUT2D eigenvalue weighted by atomic mass is 9.79. The van der Waals surface area contributed by atoms with E-state index in [1.807, 2.05) is 72.8 Å². The third-order valence-corrected chi connectivity index (χ3v) is 18.7. The maximum Gasteiger partial charge on any atom is 0.126 e. The van der Waals surface area contributed by atoms with Gasteiger partial charge < -0.3 is 19.7 Å². The summed E-state index contributed by atoms with van der Waals surface area (Å²) in [5.74, 6) is 1.97. The fourth-order valence-corrected chi connectivity index (χ4v) is 12.9. The van der Waals surface area contributed by atoms with E-state index in [0.717, 1.165) is 157 Å². The molecule has 0 aliphatic heterocycles. The van der Waals surface area contributed by atoms with Crippen LogP contribution in [0.4, 0.5) is 0 Å². The molecule has 6 heterocycles. The first kappa shape index (κ1) is 66.1. The second-order valence-corrected chi connectivity index (χ2v) is 30.3. The Morgan fingerprint density at radius 1 is 0.286 bits per heavy atom. The zero-order chi connectivity index (χ0) is 68.7. The van der Waals surface area contributed by atoms with Crippen molar-refractivity contribution in [1.82, 2.24) is 29.9 Å². The fourth-order valence-electron chi connectivity index (χ4n) is 12.9. The van der Waals surface area contributed by atoms with Crippen LogP contribution in [0.15, 0.2) is 219 Å². The van der Waals surface area contributed by atoms with Gasteiger partial charge in [-0.1, -0.05) is 204 Å². The van der Waals surface area contributed by atoms with Crippen molar-refractivity contribution in [2.45, 2.75) is 144 Å². The van der Waals surface area contributed by atoms with Crippen LogP contribution < -0.4 is 9.47 Å². The predicted molar refractivity (Wildman–Crippen MR) is 396 cm³/mol. The second-order valence-electron chi connectivity index (χ2n) is 30.3. The third-order valence-electron chi connectivity index (χ3n) is 18.7. The molecular formula is C88H86N6O4. The number of aromatic hydroxyl groups is 2. The molecule has 1 aliphatic carbocycles. The van der Waals surface area contributed by atoms with Gasteiger partial charge in [-0.15, -0.1) is 0 Å². The SMILES string of the molecule is CC(C)(C)c1cc2c(O)c(c1)Cc1cc(C(C)(C)C)cc(c1OCc1ccc(-c3cc(-c4ccccn4)nc(-c4ccccn4)c3)cc1)Cc1cc(C(C)(C)C)cc(c1O)Cc1cc(C(C)(C)C)cc(c1OCc1ccc(-c3cc(-c4ccccn4)nc(-c4ccccn4)c3)cc1)C2. The molecule has 8 bridgehead atoms. The van der Waals surface area contributed by atoms with Gasteiger partial charge in [-0.3, -0.25) is 19.9 Å². The number of fused-ring (bicyclic) bond motifs is 8. The van der Waals surface area contributed by atoms with Crippen molar-refractivity contribution >= 4 is 0 Å². The van der Waals surface area contributed by atoms with Crippen LogP contribution in [-0.2, 0) is 60.6 Å². The van der Waals surface area contributed by atoms with Gasteiger partial charge in [-0.05, 0) is 195 Å². The molecule has 10 heteroatoms. The Bertz CT molecular complexity index is 4350. The lowest BCUT2D eigenvalue weighted by Crippen LogP contribution is -2.16. The first-order chi connectivity index (χ1) is 46.8. The third kappa shape index (κ3) is 14.7. The van der Waals surface area contributed by atoms with Crippen LogP contribution in [0.25, 0.3) is 67.8 Å². The van der Waals surface area contributed by atoms with Gasteiger partial charge in [0.05, 0.1) is 45.6 Å². The van der Waals surface area contributed by atoms with E-state index < -0.39 is 0 Å². The highest BCUT2D eigenvalue weighted by molar-refractivity contribution is 5.77. The summed E-state index contributed by atoms with van der Waals surface area (Å²) in [5, 5.41) is 26.3. The molecule has 0 fully saturated rings. The van der Waals surface area contributed by atoms with E-state index >= 15 is 0 Å². The van der Waals surface area contributed by atoms with Gasteiger partial charge >= 0.3 is 0 Å². The summed E-state index contributed by atoms with van der Waals surface area (Å²) in [5.41, 5.74) is 22.6. The monoisotopic (exact) mass is 1290 g/mol. The van der Waals surface area contributed by atoms with Gasteiger partial charge in [-0.2, -0.15) is 0 Å². The van der Waals surface area contributed by atoms with Crippen LogP contribution in [0.1, 0.15) is 161 Å². The van der Waals surface area contributed by atoms with Gasteiger partial charge in [0.1, 0.15) is 36.2 Å². The number of hydrogen-bond acceptors (Lipinski definition) is 10. The molecule has 6 aromatic carbocycles. The number of phenolic OH excluding ortho intramolecular Hbond substituents is 2. The van der Waals surface area contributed by atoms with Crippen molar-refractivity contribution in [3.8, 4) is 90.8 Å². The number of ether oxygens (including phenoxy) is 2. The number of nitrogens with zero attached hydrogens (tertiary/aromatic N) is 6. The molecule has 492 valence electrons. The number of aromatic nitrogens is 6. The molecule has 98 heavy (non-hydrogen) atoms. The van der Waals surface area contributed by atoms with Crippen molar-refractivity contribution in [1.29, 1.82) is 0 Å². The summed E-state index contributed by atoms with van der Waals surface area (Å²) >= 11 is 0. The number of phenols is 2. The highest BCUT2D eigenvalue weighted by atomic mass is 16.5. The standard InChI is InChI=1S/C88H86N6O4/c1-85(2,3)69-41-61-37-65-45-71(87(7,8)9)47-67(83(65)97-53-55-25-29-57(30-26-55)59-49-77(73-21-13-17-33-89-73)93-78(50-59)74-22-14-18-34-90-74)39-63-43-70(86(4,5)6)44-64(82(63)96)40-68-48-72(88(10,11)12)46-66(38-62(42-69)81(61)95)84(68)98-54-56-27-31-58(32-28-56)60-51-79(75-23-15-19-35-91-75)94-80(52-60)76-24-16-20-36-92-76/h13-36,41-52,95-96H,37-40,53-54H2,1-12H3. The van der Waals surface area contributed by atoms with E-state index in [1.54, 1.807) is 24.8 Å². The normalized spacial score (nSPS) is 12.7. The largest absolute Gasteiger partial charge is 0.507 e. The average molecular weight is 1290 g/mol. The Morgan fingerprint density at radius 2 is 0.531 bits per heavy atom. The van der Waals surface area contributed by atoms with Crippen LogP contribution >= 0.6 is 0 Å². The molecule has 0 saturated heterocycles. The molecule has 1 aliphatic rings. The Balaban J connectivity index is 0.910. The summed E-state index contributed by atoms with van der Waals surface area (Å²) in [6, 6.07) is 66.7. The molecule has 0 amide bonds. The molecule has 13 rings (SSSR count). The minimum Gasteiger partial charge on any atom is -0.507 e. The van der Waals surface area contributed by atoms with E-state index in [2.05, 4.69) is 224 Å². The molecule has 10 nitrogen and oxygen atoms in total. The van der Waals surface area contributed by atoms with Crippen molar-refractivity contribution < 1.29 is 19.7 Å². The number of benzene rings is 6. The lowest BCUT2D eigenvalue weighted by Gasteiger charge is -2.28. The van der Waals surface area contributed by atoms with Crippen LogP contribution in [0, 0.1) is 0 Å². The van der Waals surface area contributed by atoms with Gasteiger partial charge in [0.25, 0.3) is 0 Å². The summed E-state index contributed by atoms with van der Waals surface area (Å²) in [4.78, 5) is 28.7. The first-order valence-electron chi connectivity index (χ1n) is 34.0. The van der Waals surface area contributed by atoms with Crippen molar-refractivity contribution in [2.75, 3.05) is 0 Å². The molecule has 2 N–H and O–H groups in total. The topological polar surface area (TPSA) is 136 Å². The van der Waals surface area contributed by atoms with Crippen LogP contribution in [-0.4, -0.2) is 40.1 Å². The predicted octanol–water partition coefficient (Wildman–Crippen LogP) is 20.5. The van der Waals surface area contributed by atoms with Crippen molar-refractivity contribution in [2.24, 2.45) is 0 Å². The second kappa shape index (κ2) is 26.8. The maximum absolute atomic E-state index is 13.1. The van der Waals surface area contributed by atoms with Crippen LogP contribution in [0.2, 0.25) is 0 Å². The molecule has 0 saturated carbocycles. The number of hydrogen-bond donors (Lipinski definition) is 2. The molecule has 0 radical (unpaired) electrons. The van der Waals surface area contributed by atoms with Crippen molar-refractivity contribution in [3.63, 3.8) is 0 Å². The van der Waals surface area contributed by atoms with E-state index in [1.165, 1.54) is 0 Å². The fraction of sp³-hybridized carbons (Fsp3) is 0.250. The summed E-state index contributed by atoms with van der Waals surface area (Å²) in [6.07, 6.45) is 8.68. The summed E-state index contributed by atoms with van der Waals surface area (Å²) in [6.45, 7) is 27.4. The molecule has 0 atom stereocenters. The minimum atomic E-state index is -0.274. The molecular weight excluding hydrogens is 1210 g/mol. The maximum atomic E-state index is 13.1. The van der Waals surface area contributed by atoms with Crippen molar-refractivity contribution in [3.05, 3.63) is 297 Å². The Kier molecular flexibility index (Phi) is 18.1. The van der Waals surface area contributed by atoms with Gasteiger partial charge in [-0.25, -0.2) is 9.97 Å². The molecule has 0 unspecified atom stereocenters. The Hall–Kier alpha value is -10.6. The van der Waals surface area contributed by atoms with E-state index in [0.29, 0.717) is 25.7 Å². The highest BCUT2D eigenvalue weighted by Crippen LogP contribution is 2.45. The van der Waals surface area contributed by atoms with Gasteiger partial charge in [0.15, 0.2) is 0 Å². The smallest absolute Gasteiger partial charge is 0.126 e. The summed E-state index contributed by atoms with van der Waals surface area (Å²) in [7, 11) is 0. The zero-order valence-corrected chi connectivity index (χ0v) is 58.4. The summed E-state index contributed by atoms with van der Waals surface area (Å²) < 4.78 is 14.6. The zero-order valence-electron chi connectivity index (χ0n) is 58.4. The number of rotatable bonds is 12. The molecule has 12 aromatic rings. The minimum absolute atomic E-state index is 0.248. The Labute approximate surface area is 577 Å². The van der Waals surface area contributed by atoms with Gasteiger partial charge in [0.2, 0.25) is 0 Å². The first-order valence-corrected chi connectivity index (χ1v) is 34.0. The van der Waals surface area contributed by atoms with E-state index in [-0.39, 0.29) is 46.4 Å². The lowest BCUT2D eigenvalue weighted by molar-refractivity contribution is 0.300. The Morgan fingerprint density at radius 3 is 0.755 bits per heavy atom. The van der Waals surface area contributed by atoms with Crippen LogP contribution in [0.3, 0.4) is 0 Å². The van der Waals surface area contributed by atoms with Gasteiger partial charge in [0, 0.05) is 50.5 Å². The highest BCUT2D eigenvalue weighted by Gasteiger charge is 2.29. The molecule has 0 spiro atoms. The molecule has 6 aromatic heterocycles. The quantitative estimate of drug-likeness (QED) is 0.122. The van der Waals surface area contributed by atoms with E-state index in [4.69, 9.17) is 19.4 Å². The number of pyridine rings is 6. The van der Waals surface area contributed by atoms with E-state index in [9.17, 15) is 10.2 Å².